The van der Waals surface area contributed by atoms with E-state index in [-0.39, 0.29) is 11.5 Å². The molecule has 1 aromatic heterocycles. The summed E-state index contributed by atoms with van der Waals surface area (Å²) >= 11 is 6.61. The fraction of sp³-hybridized carbons (Fsp3) is 0.143. The number of amides is 1. The van der Waals surface area contributed by atoms with Crippen molar-refractivity contribution in [1.29, 1.82) is 0 Å². The van der Waals surface area contributed by atoms with Crippen LogP contribution in [0, 0.1) is 0 Å². The number of nitrogens with zero attached hydrogens (tertiary/aromatic N) is 1. The van der Waals surface area contributed by atoms with Crippen molar-refractivity contribution < 1.29 is 14.7 Å². The van der Waals surface area contributed by atoms with Gasteiger partial charge in [0.05, 0.1) is 11.3 Å². The number of hydrogen-bond acceptors (Lipinski definition) is 2. The van der Waals surface area contributed by atoms with Crippen LogP contribution in [0.25, 0.3) is 0 Å². The molecule has 0 saturated carbocycles. The second kappa shape index (κ2) is 6.44. The fourth-order valence-corrected chi connectivity index (χ4v) is 2.80. The maximum Gasteiger partial charge on any atom is 0.335 e. The van der Waals surface area contributed by atoms with Crippen LogP contribution in [0.3, 0.4) is 0 Å². The van der Waals surface area contributed by atoms with Gasteiger partial charge in [-0.3, -0.25) is 4.79 Å². The lowest BCUT2D eigenvalue weighted by Gasteiger charge is -2.09. The maximum atomic E-state index is 12.3. The van der Waals surface area contributed by atoms with E-state index in [1.165, 1.54) is 12.1 Å². The second-order valence-corrected chi connectivity index (χ2v) is 6.05. The van der Waals surface area contributed by atoms with Crippen LogP contribution in [0.4, 0.5) is 5.69 Å². The Morgan fingerprint density at radius 2 is 2.00 bits per heavy atom. The maximum absolute atomic E-state index is 12.3. The van der Waals surface area contributed by atoms with Gasteiger partial charge in [-0.1, -0.05) is 0 Å². The molecule has 0 atom stereocenters. The number of carbonyl (C=O) groups excluding carboxylic acids is 1. The van der Waals surface area contributed by atoms with E-state index in [1.807, 2.05) is 17.7 Å². The summed E-state index contributed by atoms with van der Waals surface area (Å²) in [5.41, 5.74) is 1.20. The molecule has 0 fully saturated rings. The van der Waals surface area contributed by atoms with Gasteiger partial charge in [-0.05, 0) is 63.0 Å². The minimum atomic E-state index is -1.02. The molecule has 0 unspecified atom stereocenters. The first-order valence-electron chi connectivity index (χ1n) is 6.12. The first-order valence-corrected chi connectivity index (χ1v) is 7.71. The molecular weight excluding hydrogens is 404 g/mol. The molecule has 0 aliphatic carbocycles. The number of halogens is 2. The molecule has 0 aliphatic rings. The zero-order valence-corrected chi connectivity index (χ0v) is 14.2. The third-order valence-electron chi connectivity index (χ3n) is 2.90. The van der Waals surface area contributed by atoms with Gasteiger partial charge in [-0.2, -0.15) is 0 Å². The Morgan fingerprint density at radius 3 is 2.57 bits per heavy atom. The zero-order valence-electron chi connectivity index (χ0n) is 11.1. The lowest BCUT2D eigenvalue weighted by Crippen LogP contribution is -2.16. The van der Waals surface area contributed by atoms with Crippen molar-refractivity contribution in [2.75, 3.05) is 5.32 Å². The number of hydrogen-bond donors (Lipinski definition) is 2. The first kappa shape index (κ1) is 15.8. The second-order valence-electron chi connectivity index (χ2n) is 4.28. The van der Waals surface area contributed by atoms with Crippen LogP contribution >= 0.6 is 31.9 Å². The highest BCUT2D eigenvalue weighted by Crippen LogP contribution is 2.25. The van der Waals surface area contributed by atoms with Crippen LogP contribution in [0.15, 0.2) is 39.4 Å². The Morgan fingerprint density at radius 1 is 1.29 bits per heavy atom. The predicted molar refractivity (Wildman–Crippen MR) is 86.9 cm³/mol. The topological polar surface area (TPSA) is 71.3 Å². The SMILES string of the molecule is CCn1cc(Br)cc1C(=O)Nc1ccc(C(=O)O)cc1Br. The normalized spacial score (nSPS) is 10.4. The number of rotatable bonds is 4. The van der Waals surface area contributed by atoms with E-state index in [1.54, 1.807) is 12.1 Å². The van der Waals surface area contributed by atoms with Crippen molar-refractivity contribution in [3.05, 3.63) is 50.7 Å². The highest BCUT2D eigenvalue weighted by molar-refractivity contribution is 9.10. The van der Waals surface area contributed by atoms with Crippen molar-refractivity contribution >= 4 is 49.4 Å². The molecule has 2 aromatic rings. The summed E-state index contributed by atoms with van der Waals surface area (Å²) < 4.78 is 3.16. The monoisotopic (exact) mass is 414 g/mol. The Balaban J connectivity index is 2.25. The van der Waals surface area contributed by atoms with Crippen LogP contribution in [0.1, 0.15) is 27.8 Å². The van der Waals surface area contributed by atoms with E-state index in [0.29, 0.717) is 22.4 Å². The number of carboxylic acids is 1. The molecule has 2 N–H and O–H groups in total. The number of aryl methyl sites for hydroxylation is 1. The number of carboxylic acid groups (broad SMARTS) is 1. The summed E-state index contributed by atoms with van der Waals surface area (Å²) in [4.78, 5) is 23.2. The first-order chi connectivity index (χ1) is 9.92. The van der Waals surface area contributed by atoms with E-state index < -0.39 is 5.97 Å². The van der Waals surface area contributed by atoms with Crippen LogP contribution in [-0.2, 0) is 6.54 Å². The number of aromatic nitrogens is 1. The van der Waals surface area contributed by atoms with Crippen LogP contribution in [0.2, 0.25) is 0 Å². The lowest BCUT2D eigenvalue weighted by molar-refractivity contribution is 0.0696. The smallest absolute Gasteiger partial charge is 0.335 e. The van der Waals surface area contributed by atoms with Crippen LogP contribution in [0.5, 0.6) is 0 Å². The van der Waals surface area contributed by atoms with E-state index in [9.17, 15) is 9.59 Å². The Hall–Kier alpha value is -1.60. The third kappa shape index (κ3) is 3.54. The van der Waals surface area contributed by atoms with Crippen LogP contribution in [-0.4, -0.2) is 21.6 Å². The quantitative estimate of drug-likeness (QED) is 0.793. The fourth-order valence-electron chi connectivity index (χ4n) is 1.86. The molecule has 1 heterocycles. The average molecular weight is 416 g/mol. The number of anilines is 1. The number of aromatic carboxylic acids is 1. The molecule has 2 rings (SSSR count). The van der Waals surface area contributed by atoms with Crippen molar-refractivity contribution in [2.24, 2.45) is 0 Å². The minimum Gasteiger partial charge on any atom is -0.478 e. The summed E-state index contributed by atoms with van der Waals surface area (Å²) in [5, 5.41) is 11.7. The molecule has 110 valence electrons. The average Bonchev–Trinajstić information content (AvgIpc) is 2.82. The minimum absolute atomic E-state index is 0.152. The van der Waals surface area contributed by atoms with Crippen molar-refractivity contribution in [1.82, 2.24) is 4.57 Å². The van der Waals surface area contributed by atoms with Gasteiger partial charge in [-0.15, -0.1) is 0 Å². The highest BCUT2D eigenvalue weighted by Gasteiger charge is 2.14. The molecular formula is C14H12Br2N2O3. The van der Waals surface area contributed by atoms with Gasteiger partial charge >= 0.3 is 5.97 Å². The Bertz CT molecular complexity index is 710. The summed E-state index contributed by atoms with van der Waals surface area (Å²) in [6.45, 7) is 2.62. The van der Waals surface area contributed by atoms with Gasteiger partial charge < -0.3 is 15.0 Å². The van der Waals surface area contributed by atoms with Gasteiger partial charge in [0.1, 0.15) is 5.69 Å². The third-order valence-corrected chi connectivity index (χ3v) is 3.99. The molecule has 0 radical (unpaired) electrons. The molecule has 0 spiro atoms. The summed E-state index contributed by atoms with van der Waals surface area (Å²) in [5.74, 6) is -1.27. The van der Waals surface area contributed by atoms with E-state index in [2.05, 4.69) is 37.2 Å². The Kier molecular flexibility index (Phi) is 4.84. The highest BCUT2D eigenvalue weighted by atomic mass is 79.9. The predicted octanol–water partition coefficient (Wildman–Crippen LogP) is 3.98. The van der Waals surface area contributed by atoms with E-state index >= 15 is 0 Å². The van der Waals surface area contributed by atoms with E-state index in [4.69, 9.17) is 5.11 Å². The van der Waals surface area contributed by atoms with Crippen molar-refractivity contribution in [2.45, 2.75) is 13.5 Å². The molecule has 1 amide bonds. The largest absolute Gasteiger partial charge is 0.478 e. The molecule has 1 aromatic carbocycles. The van der Waals surface area contributed by atoms with E-state index in [0.717, 1.165) is 4.47 Å². The molecule has 0 saturated heterocycles. The standard InChI is InChI=1S/C14H12Br2N2O3/c1-2-18-7-9(15)6-12(18)13(19)17-11-4-3-8(14(20)21)5-10(11)16/h3-7H,2H2,1H3,(H,17,19)(H,20,21). The lowest BCUT2D eigenvalue weighted by atomic mass is 10.2. The number of nitrogens with one attached hydrogen (secondary N) is 1. The van der Waals surface area contributed by atoms with Crippen molar-refractivity contribution in [3.8, 4) is 0 Å². The summed E-state index contributed by atoms with van der Waals surface area (Å²) in [7, 11) is 0. The molecule has 7 heteroatoms. The van der Waals surface area contributed by atoms with Gasteiger partial charge in [0.15, 0.2) is 0 Å². The summed E-state index contributed by atoms with van der Waals surface area (Å²) in [6.07, 6.45) is 1.83. The number of benzene rings is 1. The molecule has 21 heavy (non-hydrogen) atoms. The Labute approximate surface area is 138 Å². The molecule has 0 bridgehead atoms. The zero-order chi connectivity index (χ0) is 15.6. The molecule has 5 nitrogen and oxygen atoms in total. The summed E-state index contributed by atoms with van der Waals surface area (Å²) in [6, 6.07) is 6.18. The van der Waals surface area contributed by atoms with Gasteiger partial charge in [0.25, 0.3) is 5.91 Å². The van der Waals surface area contributed by atoms with Crippen LogP contribution < -0.4 is 5.32 Å². The van der Waals surface area contributed by atoms with Gasteiger partial charge in [-0.25, -0.2) is 4.79 Å². The van der Waals surface area contributed by atoms with Crippen molar-refractivity contribution in [3.63, 3.8) is 0 Å². The molecule has 0 aliphatic heterocycles. The van der Waals surface area contributed by atoms with Gasteiger partial charge in [0, 0.05) is 21.7 Å². The van der Waals surface area contributed by atoms with Gasteiger partial charge in [0.2, 0.25) is 0 Å². The number of carbonyl (C=O) groups is 2.